The molecule has 0 aliphatic rings. The third-order valence-corrected chi connectivity index (χ3v) is 12.7. The standard InChI is InChI=1S/C60H44N6/c1-41-23-29-55-51(35-41)52-36-42(2)24-30-56(52)65(55)59-33-25-43(39-61-59)44-26-34-60(62-40-44)66-57-31-27-49(63(45-15-7-3-8-16-45)46-17-9-4-10-18-46)37-53(57)54-38-50(28-32-58(54)66)64(47-19-11-5-12-20-47)48-21-13-6-14-22-48/h3-40H,1-2H3. The lowest BCUT2D eigenvalue weighted by Crippen LogP contribution is -2.09. The second-order valence-corrected chi connectivity index (χ2v) is 16.9. The number of fused-ring (bicyclic) bond motifs is 6. The fourth-order valence-corrected chi connectivity index (χ4v) is 9.60. The highest BCUT2D eigenvalue weighted by Crippen LogP contribution is 2.43. The Hall–Kier alpha value is -8.74. The fourth-order valence-electron chi connectivity index (χ4n) is 9.60. The highest BCUT2D eigenvalue weighted by Gasteiger charge is 2.21. The van der Waals surface area contributed by atoms with Crippen molar-refractivity contribution in [1.82, 2.24) is 19.1 Å². The molecule has 4 heterocycles. The molecule has 0 bridgehead atoms. The predicted molar refractivity (Wildman–Crippen MR) is 275 cm³/mol. The minimum absolute atomic E-state index is 0.839. The number of aryl methyl sites for hydroxylation is 2. The molecule has 66 heavy (non-hydrogen) atoms. The third-order valence-electron chi connectivity index (χ3n) is 12.7. The van der Waals surface area contributed by atoms with E-state index in [4.69, 9.17) is 9.97 Å². The van der Waals surface area contributed by atoms with Crippen LogP contribution in [0.2, 0.25) is 0 Å². The number of rotatable bonds is 9. The molecule has 6 nitrogen and oxygen atoms in total. The lowest BCUT2D eigenvalue weighted by Gasteiger charge is -2.26. The fraction of sp³-hybridized carbons (Fsp3) is 0.0333. The first-order valence-corrected chi connectivity index (χ1v) is 22.4. The summed E-state index contributed by atoms with van der Waals surface area (Å²) in [7, 11) is 0. The molecule has 0 atom stereocenters. The van der Waals surface area contributed by atoms with Crippen LogP contribution in [0.4, 0.5) is 34.1 Å². The zero-order valence-corrected chi connectivity index (χ0v) is 36.6. The average molecular weight is 849 g/mol. The van der Waals surface area contributed by atoms with Gasteiger partial charge in [-0.3, -0.25) is 9.13 Å². The lowest BCUT2D eigenvalue weighted by molar-refractivity contribution is 1.07. The molecule has 0 radical (unpaired) electrons. The number of benzene rings is 8. The second kappa shape index (κ2) is 16.1. The first kappa shape index (κ1) is 38.9. The molecule has 0 aliphatic carbocycles. The number of para-hydroxylation sites is 4. The Labute approximate surface area is 383 Å². The Kier molecular flexibility index (Phi) is 9.50. The summed E-state index contributed by atoms with van der Waals surface area (Å²) in [6.07, 6.45) is 3.93. The summed E-state index contributed by atoms with van der Waals surface area (Å²) in [4.78, 5) is 14.9. The molecule has 314 valence electrons. The summed E-state index contributed by atoms with van der Waals surface area (Å²) in [5, 5.41) is 4.74. The molecule has 0 spiro atoms. The maximum Gasteiger partial charge on any atom is 0.137 e. The number of aromatic nitrogens is 4. The monoisotopic (exact) mass is 848 g/mol. The molecule has 0 saturated heterocycles. The van der Waals surface area contributed by atoms with Crippen LogP contribution in [0.15, 0.2) is 231 Å². The quantitative estimate of drug-likeness (QED) is 0.145. The first-order chi connectivity index (χ1) is 32.6. The molecular weight excluding hydrogens is 805 g/mol. The van der Waals surface area contributed by atoms with E-state index in [1.807, 2.05) is 12.4 Å². The van der Waals surface area contributed by atoms with Crippen LogP contribution >= 0.6 is 0 Å². The number of hydrogen-bond acceptors (Lipinski definition) is 4. The van der Waals surface area contributed by atoms with E-state index in [2.05, 4.69) is 251 Å². The van der Waals surface area contributed by atoms with Crippen molar-refractivity contribution in [3.05, 3.63) is 242 Å². The summed E-state index contributed by atoms with van der Waals surface area (Å²) in [5.41, 5.74) is 15.4. The van der Waals surface area contributed by atoms with Gasteiger partial charge in [-0.05, 0) is 147 Å². The van der Waals surface area contributed by atoms with Gasteiger partial charge in [0.15, 0.2) is 0 Å². The molecule has 0 unspecified atom stereocenters. The van der Waals surface area contributed by atoms with Gasteiger partial charge in [-0.2, -0.15) is 0 Å². The Morgan fingerprint density at radius 2 is 0.621 bits per heavy atom. The molecule has 12 aromatic rings. The van der Waals surface area contributed by atoms with Crippen LogP contribution in [-0.4, -0.2) is 19.1 Å². The van der Waals surface area contributed by atoms with Crippen molar-refractivity contribution >= 4 is 77.7 Å². The molecule has 0 aliphatic heterocycles. The summed E-state index contributed by atoms with van der Waals surface area (Å²) in [6.45, 7) is 4.30. The SMILES string of the molecule is Cc1ccc2c(c1)c1cc(C)ccc1n2-c1ccc(-c2ccc(-n3c4ccc(N(c5ccccc5)c5ccccc5)cc4c4cc(N(c5ccccc5)c5ccccc5)ccc43)nc2)cn1. The largest absolute Gasteiger partial charge is 0.310 e. The van der Waals surface area contributed by atoms with E-state index < -0.39 is 0 Å². The van der Waals surface area contributed by atoms with Gasteiger partial charge in [0.05, 0.1) is 22.1 Å². The van der Waals surface area contributed by atoms with Crippen LogP contribution in [0.5, 0.6) is 0 Å². The number of hydrogen-bond donors (Lipinski definition) is 0. The Morgan fingerprint density at radius 3 is 0.939 bits per heavy atom. The summed E-state index contributed by atoms with van der Waals surface area (Å²) >= 11 is 0. The van der Waals surface area contributed by atoms with Crippen LogP contribution in [0.25, 0.3) is 66.4 Å². The van der Waals surface area contributed by atoms with Gasteiger partial charge in [0.2, 0.25) is 0 Å². The zero-order valence-electron chi connectivity index (χ0n) is 36.6. The maximum absolute atomic E-state index is 5.18. The molecule has 0 fully saturated rings. The summed E-state index contributed by atoms with van der Waals surface area (Å²) < 4.78 is 4.56. The topological polar surface area (TPSA) is 42.1 Å². The van der Waals surface area contributed by atoms with Crippen LogP contribution in [-0.2, 0) is 0 Å². The van der Waals surface area contributed by atoms with Crippen LogP contribution in [0, 0.1) is 13.8 Å². The Morgan fingerprint density at radius 1 is 0.303 bits per heavy atom. The first-order valence-electron chi connectivity index (χ1n) is 22.4. The van der Waals surface area contributed by atoms with Crippen LogP contribution < -0.4 is 9.80 Å². The van der Waals surface area contributed by atoms with E-state index in [1.165, 1.54) is 21.9 Å². The van der Waals surface area contributed by atoms with E-state index in [9.17, 15) is 0 Å². The smallest absolute Gasteiger partial charge is 0.137 e. The van der Waals surface area contributed by atoms with Crippen molar-refractivity contribution in [1.29, 1.82) is 0 Å². The van der Waals surface area contributed by atoms with Crippen molar-refractivity contribution in [2.45, 2.75) is 13.8 Å². The number of nitrogens with zero attached hydrogens (tertiary/aromatic N) is 6. The number of pyridine rings is 2. The predicted octanol–water partition coefficient (Wildman–Crippen LogP) is 15.9. The van der Waals surface area contributed by atoms with E-state index in [-0.39, 0.29) is 0 Å². The van der Waals surface area contributed by atoms with Crippen molar-refractivity contribution in [2.75, 3.05) is 9.80 Å². The highest BCUT2D eigenvalue weighted by atomic mass is 15.2. The molecule has 12 rings (SSSR count). The molecule has 0 amide bonds. The van der Waals surface area contributed by atoms with Crippen molar-refractivity contribution < 1.29 is 0 Å². The van der Waals surface area contributed by atoms with Gasteiger partial charge in [-0.15, -0.1) is 0 Å². The van der Waals surface area contributed by atoms with Gasteiger partial charge >= 0.3 is 0 Å². The van der Waals surface area contributed by atoms with Crippen molar-refractivity contribution in [3.8, 4) is 22.8 Å². The molecule has 0 saturated carbocycles. The molecule has 4 aromatic heterocycles. The lowest BCUT2D eigenvalue weighted by atomic mass is 10.1. The number of anilines is 6. The average Bonchev–Trinajstić information content (AvgIpc) is 3.87. The maximum atomic E-state index is 5.18. The van der Waals surface area contributed by atoms with Gasteiger partial charge < -0.3 is 9.80 Å². The van der Waals surface area contributed by atoms with E-state index in [0.29, 0.717) is 0 Å². The zero-order chi connectivity index (χ0) is 44.1. The van der Waals surface area contributed by atoms with E-state index >= 15 is 0 Å². The second-order valence-electron chi connectivity index (χ2n) is 16.9. The third kappa shape index (κ3) is 6.75. The minimum atomic E-state index is 0.839. The van der Waals surface area contributed by atoms with E-state index in [0.717, 1.165) is 89.7 Å². The van der Waals surface area contributed by atoms with Crippen molar-refractivity contribution in [2.24, 2.45) is 0 Å². The van der Waals surface area contributed by atoms with Gasteiger partial charge in [0.25, 0.3) is 0 Å². The van der Waals surface area contributed by atoms with Crippen LogP contribution in [0.3, 0.4) is 0 Å². The summed E-state index contributed by atoms with van der Waals surface area (Å²) in [6, 6.07) is 77.8. The van der Waals surface area contributed by atoms with Gasteiger partial charge in [0.1, 0.15) is 11.6 Å². The summed E-state index contributed by atoms with van der Waals surface area (Å²) in [5.74, 6) is 1.72. The molecule has 8 aromatic carbocycles. The van der Waals surface area contributed by atoms with Crippen LogP contribution in [0.1, 0.15) is 11.1 Å². The Balaban J connectivity index is 0.982. The highest BCUT2D eigenvalue weighted by molar-refractivity contribution is 6.12. The van der Waals surface area contributed by atoms with E-state index in [1.54, 1.807) is 0 Å². The van der Waals surface area contributed by atoms with Gasteiger partial charge in [-0.1, -0.05) is 96.1 Å². The minimum Gasteiger partial charge on any atom is -0.310 e. The molecule has 0 N–H and O–H groups in total. The molecular formula is C60H44N6. The Bertz CT molecular complexity index is 3410. The molecule has 6 heteroatoms. The van der Waals surface area contributed by atoms with Crippen molar-refractivity contribution in [3.63, 3.8) is 0 Å². The normalized spacial score (nSPS) is 11.5. The van der Waals surface area contributed by atoms with Gasteiger partial charge in [0, 0.05) is 79.2 Å². The van der Waals surface area contributed by atoms with Gasteiger partial charge in [-0.25, -0.2) is 9.97 Å².